The Hall–Kier alpha value is -2.44. The Kier molecular flexibility index (Phi) is 4.21. The van der Waals surface area contributed by atoms with E-state index in [1.165, 1.54) is 6.20 Å². The van der Waals surface area contributed by atoms with E-state index < -0.39 is 12.0 Å². The van der Waals surface area contributed by atoms with E-state index in [0.29, 0.717) is 11.5 Å². The maximum absolute atomic E-state index is 11.5. The number of aryl methyl sites for hydroxylation is 2. The number of carbonyl (C=O) groups is 1. The average Bonchev–Trinajstić information content (AvgIpc) is 2.81. The Morgan fingerprint density at radius 2 is 2.10 bits per heavy atom. The van der Waals surface area contributed by atoms with Gasteiger partial charge in [0.25, 0.3) is 0 Å². The summed E-state index contributed by atoms with van der Waals surface area (Å²) in [5, 5.41) is 16.3. The molecule has 1 unspecified atom stereocenters. The maximum atomic E-state index is 11.5. The molecule has 0 aliphatic rings. The largest absolute Gasteiger partial charge is 0.479 e. The molecule has 7 heteroatoms. The minimum absolute atomic E-state index is 0.244. The van der Waals surface area contributed by atoms with Gasteiger partial charge >= 0.3 is 5.97 Å². The van der Waals surface area contributed by atoms with Crippen LogP contribution in [-0.2, 0) is 11.8 Å². The summed E-state index contributed by atoms with van der Waals surface area (Å²) in [4.78, 5) is 20.1. The molecule has 0 fully saturated rings. The third-order valence-corrected chi connectivity index (χ3v) is 3.04. The quantitative estimate of drug-likeness (QED) is 0.873. The van der Waals surface area contributed by atoms with E-state index in [1.807, 2.05) is 26.8 Å². The van der Waals surface area contributed by atoms with Crippen molar-refractivity contribution >= 4 is 11.9 Å². The summed E-state index contributed by atoms with van der Waals surface area (Å²) in [6.45, 7) is 5.92. The first-order chi connectivity index (χ1) is 9.86. The molecule has 7 nitrogen and oxygen atoms in total. The molecule has 2 heterocycles. The van der Waals surface area contributed by atoms with Crippen LogP contribution in [0.1, 0.15) is 42.8 Å². The highest BCUT2D eigenvalue weighted by Gasteiger charge is 2.22. The van der Waals surface area contributed by atoms with Gasteiger partial charge in [0.1, 0.15) is 0 Å². The summed E-state index contributed by atoms with van der Waals surface area (Å²) in [5.41, 5.74) is 2.23. The lowest BCUT2D eigenvalue weighted by atomic mass is 10.1. The molecule has 0 aliphatic heterocycles. The summed E-state index contributed by atoms with van der Waals surface area (Å²) in [7, 11) is 1.74. The SMILES string of the molecule is Cc1cc(C(C)C)nc(NC(C(=O)O)c2cnn(C)c2)n1. The lowest BCUT2D eigenvalue weighted by molar-refractivity contribution is -0.138. The monoisotopic (exact) mass is 289 g/mol. The molecule has 0 spiro atoms. The van der Waals surface area contributed by atoms with E-state index in [9.17, 15) is 9.90 Å². The van der Waals surface area contributed by atoms with Gasteiger partial charge in [-0.25, -0.2) is 14.8 Å². The van der Waals surface area contributed by atoms with Crippen LogP contribution in [0.15, 0.2) is 18.5 Å². The highest BCUT2D eigenvalue weighted by atomic mass is 16.4. The van der Waals surface area contributed by atoms with Crippen LogP contribution in [0, 0.1) is 6.92 Å². The summed E-state index contributed by atoms with van der Waals surface area (Å²) in [5.74, 6) is -0.442. The first-order valence-electron chi connectivity index (χ1n) is 6.70. The summed E-state index contributed by atoms with van der Waals surface area (Å²) < 4.78 is 1.56. The fraction of sp³-hybridized carbons (Fsp3) is 0.429. The van der Waals surface area contributed by atoms with Crippen molar-refractivity contribution in [1.82, 2.24) is 19.7 Å². The fourth-order valence-corrected chi connectivity index (χ4v) is 1.96. The van der Waals surface area contributed by atoms with E-state index in [-0.39, 0.29) is 5.92 Å². The molecule has 0 aliphatic carbocycles. The molecule has 1 atom stereocenters. The van der Waals surface area contributed by atoms with Crippen LogP contribution in [0.2, 0.25) is 0 Å². The molecule has 0 saturated carbocycles. The number of aromatic nitrogens is 4. The summed E-state index contributed by atoms with van der Waals surface area (Å²) >= 11 is 0. The molecule has 2 aromatic heterocycles. The normalized spacial score (nSPS) is 12.4. The molecule has 21 heavy (non-hydrogen) atoms. The Bertz CT molecular complexity index is 651. The lowest BCUT2D eigenvalue weighted by Crippen LogP contribution is -2.22. The van der Waals surface area contributed by atoms with Crippen molar-refractivity contribution in [2.24, 2.45) is 7.05 Å². The highest BCUT2D eigenvalue weighted by molar-refractivity contribution is 5.78. The molecule has 2 N–H and O–H groups in total. The predicted octanol–water partition coefficient (Wildman–Crippen LogP) is 1.88. The zero-order chi connectivity index (χ0) is 15.6. The van der Waals surface area contributed by atoms with E-state index in [4.69, 9.17) is 0 Å². The third kappa shape index (κ3) is 3.56. The first-order valence-corrected chi connectivity index (χ1v) is 6.70. The average molecular weight is 289 g/mol. The van der Waals surface area contributed by atoms with Crippen molar-refractivity contribution in [3.63, 3.8) is 0 Å². The van der Waals surface area contributed by atoms with Gasteiger partial charge in [0.2, 0.25) is 5.95 Å². The number of nitrogens with one attached hydrogen (secondary N) is 1. The van der Waals surface area contributed by atoms with Gasteiger partial charge in [0.15, 0.2) is 6.04 Å². The molecule has 112 valence electrons. The predicted molar refractivity (Wildman–Crippen MR) is 78.1 cm³/mol. The van der Waals surface area contributed by atoms with Gasteiger partial charge < -0.3 is 10.4 Å². The van der Waals surface area contributed by atoms with Gasteiger partial charge in [-0.15, -0.1) is 0 Å². The zero-order valence-corrected chi connectivity index (χ0v) is 12.5. The minimum Gasteiger partial charge on any atom is -0.479 e. The molecule has 0 radical (unpaired) electrons. The minimum atomic E-state index is -1.00. The van der Waals surface area contributed by atoms with Crippen LogP contribution in [-0.4, -0.2) is 30.8 Å². The molecule has 0 amide bonds. The Labute approximate surface area is 123 Å². The number of nitrogens with zero attached hydrogens (tertiary/aromatic N) is 4. The Morgan fingerprint density at radius 3 is 2.62 bits per heavy atom. The van der Waals surface area contributed by atoms with Gasteiger partial charge in [0, 0.05) is 30.2 Å². The van der Waals surface area contributed by atoms with Crippen LogP contribution >= 0.6 is 0 Å². The first kappa shape index (κ1) is 15.0. The number of aliphatic carboxylic acids is 1. The lowest BCUT2D eigenvalue weighted by Gasteiger charge is -2.15. The van der Waals surface area contributed by atoms with Gasteiger partial charge in [0.05, 0.1) is 6.20 Å². The van der Waals surface area contributed by atoms with Crippen molar-refractivity contribution in [1.29, 1.82) is 0 Å². The third-order valence-electron chi connectivity index (χ3n) is 3.04. The second-order valence-electron chi connectivity index (χ2n) is 5.28. The molecule has 2 aromatic rings. The summed E-state index contributed by atoms with van der Waals surface area (Å²) in [6.07, 6.45) is 3.18. The number of carboxylic acids is 1. The van der Waals surface area contributed by atoms with Crippen molar-refractivity contribution < 1.29 is 9.90 Å². The highest BCUT2D eigenvalue weighted by Crippen LogP contribution is 2.20. The van der Waals surface area contributed by atoms with Gasteiger partial charge in [-0.05, 0) is 18.9 Å². The number of carboxylic acid groups (broad SMARTS) is 1. The Morgan fingerprint density at radius 1 is 1.38 bits per heavy atom. The van der Waals surface area contributed by atoms with E-state index in [0.717, 1.165) is 11.4 Å². The summed E-state index contributed by atoms with van der Waals surface area (Å²) in [6, 6.07) is 0.968. The van der Waals surface area contributed by atoms with Gasteiger partial charge in [-0.1, -0.05) is 13.8 Å². The molecule has 2 rings (SSSR count). The molecule has 0 aromatic carbocycles. The van der Waals surface area contributed by atoms with Crippen LogP contribution in [0.3, 0.4) is 0 Å². The van der Waals surface area contributed by atoms with Crippen molar-refractivity contribution in [2.45, 2.75) is 32.7 Å². The second kappa shape index (κ2) is 5.90. The zero-order valence-electron chi connectivity index (χ0n) is 12.5. The topological polar surface area (TPSA) is 92.9 Å². The number of hydrogen-bond donors (Lipinski definition) is 2. The van der Waals surface area contributed by atoms with Crippen LogP contribution in [0.25, 0.3) is 0 Å². The maximum Gasteiger partial charge on any atom is 0.331 e. The van der Waals surface area contributed by atoms with Crippen LogP contribution in [0.4, 0.5) is 5.95 Å². The molecular formula is C14H19N5O2. The van der Waals surface area contributed by atoms with E-state index >= 15 is 0 Å². The number of rotatable bonds is 5. The molecular weight excluding hydrogens is 270 g/mol. The van der Waals surface area contributed by atoms with Crippen molar-refractivity contribution in [2.75, 3.05) is 5.32 Å². The molecule has 0 saturated heterocycles. The van der Waals surface area contributed by atoms with Gasteiger partial charge in [-0.3, -0.25) is 4.68 Å². The van der Waals surface area contributed by atoms with E-state index in [2.05, 4.69) is 20.4 Å². The van der Waals surface area contributed by atoms with Crippen LogP contribution < -0.4 is 5.32 Å². The van der Waals surface area contributed by atoms with Crippen molar-refractivity contribution in [3.05, 3.63) is 35.4 Å². The van der Waals surface area contributed by atoms with Gasteiger partial charge in [-0.2, -0.15) is 5.10 Å². The molecule has 0 bridgehead atoms. The van der Waals surface area contributed by atoms with Crippen molar-refractivity contribution in [3.8, 4) is 0 Å². The Balaban J connectivity index is 2.31. The fourth-order valence-electron chi connectivity index (χ4n) is 1.96. The van der Waals surface area contributed by atoms with E-state index in [1.54, 1.807) is 17.9 Å². The number of hydrogen-bond acceptors (Lipinski definition) is 5. The second-order valence-corrected chi connectivity index (χ2v) is 5.28. The van der Waals surface area contributed by atoms with Crippen LogP contribution in [0.5, 0.6) is 0 Å². The standard InChI is InChI=1S/C14H19N5O2/c1-8(2)11-5-9(3)16-14(17-11)18-12(13(20)21)10-6-15-19(4)7-10/h5-8,12H,1-4H3,(H,20,21)(H,16,17,18). The number of anilines is 1. The smallest absolute Gasteiger partial charge is 0.331 e.